The van der Waals surface area contributed by atoms with Crippen LogP contribution in [0.5, 0.6) is 0 Å². The van der Waals surface area contributed by atoms with Gasteiger partial charge < -0.3 is 19.3 Å². The molecule has 2 aliphatic heterocycles. The molecule has 3 aliphatic rings. The summed E-state index contributed by atoms with van der Waals surface area (Å²) in [6.07, 6.45) is 10.5. The third kappa shape index (κ3) is 3.51. The maximum atomic E-state index is 13.3. The van der Waals surface area contributed by atoms with Gasteiger partial charge in [-0.15, -0.1) is 0 Å². The minimum Gasteiger partial charge on any atom is -0.500 e. The topological polar surface area (TPSA) is 42.0 Å². The summed E-state index contributed by atoms with van der Waals surface area (Å²) in [5.41, 5.74) is -0.851. The first kappa shape index (κ1) is 20.2. The molecule has 2 fully saturated rings. The summed E-state index contributed by atoms with van der Waals surface area (Å²) in [5.74, 6) is 1.98. The molecule has 1 spiro atoms. The van der Waals surface area contributed by atoms with Crippen LogP contribution in [0.2, 0.25) is 0 Å². The van der Waals surface area contributed by atoms with E-state index in [2.05, 4.69) is 30.9 Å². The molecule has 1 aliphatic carbocycles. The van der Waals surface area contributed by atoms with Crippen LogP contribution in [-0.2, 0) is 14.3 Å². The lowest BCUT2D eigenvalue weighted by Crippen LogP contribution is -2.39. The lowest BCUT2D eigenvalue weighted by atomic mass is 9.68. The molecule has 5 nitrogen and oxygen atoms in total. The van der Waals surface area contributed by atoms with E-state index in [1.54, 1.807) is 14.2 Å². The first-order valence-corrected chi connectivity index (χ1v) is 10.6. The van der Waals surface area contributed by atoms with Crippen molar-refractivity contribution in [1.82, 2.24) is 9.80 Å². The minimum absolute atomic E-state index is 0.203. The number of rotatable bonds is 8. The first-order valence-electron chi connectivity index (χ1n) is 10.6. The standard InChI is InChI=1S/C22H36N2O3/c1-5-22(6-2)18(26-3)16-21(17-19(22)27-4)10-15-24(20(21)25)14-9-13-23-11-7-8-12-23/h16-17H,5-15H2,1-4H3. The highest BCUT2D eigenvalue weighted by Gasteiger charge is 2.51. The van der Waals surface area contributed by atoms with Gasteiger partial charge in [0, 0.05) is 13.1 Å². The zero-order valence-corrected chi connectivity index (χ0v) is 17.6. The fourth-order valence-corrected chi connectivity index (χ4v) is 5.16. The lowest BCUT2D eigenvalue weighted by Gasteiger charge is -2.40. The van der Waals surface area contributed by atoms with Crippen LogP contribution in [0.4, 0.5) is 0 Å². The molecule has 0 N–H and O–H groups in total. The Labute approximate surface area is 164 Å². The molecule has 2 saturated heterocycles. The van der Waals surface area contributed by atoms with Gasteiger partial charge in [0.05, 0.1) is 25.0 Å². The normalized spacial score (nSPS) is 24.3. The summed E-state index contributed by atoms with van der Waals surface area (Å²) < 4.78 is 11.6. The number of ether oxygens (including phenoxy) is 2. The molecule has 5 heteroatoms. The Bertz CT molecular complexity index is 577. The van der Waals surface area contributed by atoms with Gasteiger partial charge in [-0.1, -0.05) is 13.8 Å². The molecule has 0 bridgehead atoms. The molecule has 0 saturated carbocycles. The zero-order chi connectivity index (χ0) is 19.5. The van der Waals surface area contributed by atoms with Crippen LogP contribution in [0.15, 0.2) is 23.7 Å². The highest BCUT2D eigenvalue weighted by Crippen LogP contribution is 2.52. The first-order chi connectivity index (χ1) is 13.0. The smallest absolute Gasteiger partial charge is 0.236 e. The quantitative estimate of drug-likeness (QED) is 0.649. The fraction of sp³-hybridized carbons (Fsp3) is 0.773. The molecule has 0 aromatic heterocycles. The van der Waals surface area contributed by atoms with Crippen LogP contribution in [0, 0.1) is 10.8 Å². The van der Waals surface area contributed by atoms with Crippen molar-refractivity contribution in [2.24, 2.45) is 10.8 Å². The number of carbonyl (C=O) groups is 1. The van der Waals surface area contributed by atoms with Gasteiger partial charge >= 0.3 is 0 Å². The molecule has 0 atom stereocenters. The minimum atomic E-state index is -0.599. The van der Waals surface area contributed by atoms with E-state index in [0.717, 1.165) is 56.8 Å². The number of hydrogen-bond donors (Lipinski definition) is 0. The molecular weight excluding hydrogens is 340 g/mol. The SMILES string of the molecule is CCC1(CC)C(OC)=CC2(C=C1OC)CCN(CCCN1CCCC1)C2=O. The molecule has 1 amide bonds. The second-order valence-corrected chi connectivity index (χ2v) is 8.20. The predicted octanol–water partition coefficient (Wildman–Crippen LogP) is 3.57. The molecule has 0 radical (unpaired) electrons. The predicted molar refractivity (Wildman–Crippen MR) is 107 cm³/mol. The average molecular weight is 377 g/mol. The summed E-state index contributed by atoms with van der Waals surface area (Å²) in [6.45, 7) is 9.50. The van der Waals surface area contributed by atoms with E-state index in [1.165, 1.54) is 25.9 Å². The van der Waals surface area contributed by atoms with Gasteiger partial charge in [0.1, 0.15) is 11.5 Å². The van der Waals surface area contributed by atoms with Gasteiger partial charge in [-0.25, -0.2) is 0 Å². The van der Waals surface area contributed by atoms with E-state index >= 15 is 0 Å². The molecule has 152 valence electrons. The van der Waals surface area contributed by atoms with Crippen molar-refractivity contribution in [1.29, 1.82) is 0 Å². The van der Waals surface area contributed by atoms with E-state index in [0.29, 0.717) is 0 Å². The van der Waals surface area contributed by atoms with Crippen LogP contribution in [0.3, 0.4) is 0 Å². The Kier molecular flexibility index (Phi) is 6.19. The number of amides is 1. The largest absolute Gasteiger partial charge is 0.500 e. The van der Waals surface area contributed by atoms with Crippen LogP contribution in [-0.4, -0.2) is 62.7 Å². The molecule has 0 aromatic rings. The number of carbonyl (C=O) groups excluding carboxylic acids is 1. The summed E-state index contributed by atoms with van der Waals surface area (Å²) in [4.78, 5) is 17.9. The third-order valence-corrected chi connectivity index (χ3v) is 6.95. The van der Waals surface area contributed by atoms with Crippen molar-refractivity contribution in [3.8, 4) is 0 Å². The van der Waals surface area contributed by atoms with Crippen molar-refractivity contribution in [2.75, 3.05) is 46.9 Å². The van der Waals surface area contributed by atoms with Crippen LogP contribution in [0.1, 0.15) is 52.4 Å². The Morgan fingerprint density at radius 3 is 2.07 bits per heavy atom. The van der Waals surface area contributed by atoms with Crippen LogP contribution >= 0.6 is 0 Å². The lowest BCUT2D eigenvalue weighted by molar-refractivity contribution is -0.132. The van der Waals surface area contributed by atoms with Crippen molar-refractivity contribution in [3.63, 3.8) is 0 Å². The zero-order valence-electron chi connectivity index (χ0n) is 17.6. The number of methoxy groups -OCH3 is 2. The van der Waals surface area contributed by atoms with Gasteiger partial charge in [0.2, 0.25) is 5.91 Å². The second kappa shape index (κ2) is 8.26. The summed E-state index contributed by atoms with van der Waals surface area (Å²) in [5, 5.41) is 0. The Morgan fingerprint density at radius 2 is 1.56 bits per heavy atom. The van der Waals surface area contributed by atoms with E-state index in [9.17, 15) is 4.79 Å². The summed E-state index contributed by atoms with van der Waals surface area (Å²) in [6, 6.07) is 0. The van der Waals surface area contributed by atoms with E-state index in [4.69, 9.17) is 9.47 Å². The molecule has 0 aromatic carbocycles. The molecule has 0 unspecified atom stereocenters. The molecule has 27 heavy (non-hydrogen) atoms. The van der Waals surface area contributed by atoms with Crippen molar-refractivity contribution in [2.45, 2.75) is 52.4 Å². The van der Waals surface area contributed by atoms with Crippen LogP contribution in [0.25, 0.3) is 0 Å². The Balaban J connectivity index is 1.75. The molecule has 2 heterocycles. The molecule has 3 rings (SSSR count). The van der Waals surface area contributed by atoms with Gasteiger partial charge in [-0.2, -0.15) is 0 Å². The molecular formula is C22H36N2O3. The Morgan fingerprint density at radius 1 is 0.963 bits per heavy atom. The van der Waals surface area contributed by atoms with Gasteiger partial charge in [-0.05, 0) is 70.3 Å². The third-order valence-electron chi connectivity index (χ3n) is 6.95. The Hall–Kier alpha value is -1.49. The number of likely N-dealkylation sites (tertiary alicyclic amines) is 2. The van der Waals surface area contributed by atoms with E-state index in [1.807, 2.05) is 4.90 Å². The number of hydrogen-bond acceptors (Lipinski definition) is 4. The van der Waals surface area contributed by atoms with Crippen molar-refractivity contribution in [3.05, 3.63) is 23.7 Å². The van der Waals surface area contributed by atoms with E-state index in [-0.39, 0.29) is 11.3 Å². The second-order valence-electron chi connectivity index (χ2n) is 8.20. The van der Waals surface area contributed by atoms with Gasteiger partial charge in [0.15, 0.2) is 0 Å². The van der Waals surface area contributed by atoms with Gasteiger partial charge in [-0.3, -0.25) is 4.79 Å². The van der Waals surface area contributed by atoms with E-state index < -0.39 is 5.41 Å². The highest BCUT2D eigenvalue weighted by atomic mass is 16.5. The maximum Gasteiger partial charge on any atom is 0.236 e. The maximum absolute atomic E-state index is 13.3. The highest BCUT2D eigenvalue weighted by molar-refractivity contribution is 5.89. The monoisotopic (exact) mass is 376 g/mol. The fourth-order valence-electron chi connectivity index (χ4n) is 5.16. The van der Waals surface area contributed by atoms with Crippen LogP contribution < -0.4 is 0 Å². The van der Waals surface area contributed by atoms with Crippen molar-refractivity contribution < 1.29 is 14.3 Å². The average Bonchev–Trinajstić information content (AvgIpc) is 3.31. The van der Waals surface area contributed by atoms with Gasteiger partial charge in [0.25, 0.3) is 0 Å². The summed E-state index contributed by atoms with van der Waals surface area (Å²) in [7, 11) is 3.43. The van der Waals surface area contributed by atoms with Crippen molar-refractivity contribution >= 4 is 5.91 Å². The number of nitrogens with zero attached hydrogens (tertiary/aromatic N) is 2. The summed E-state index contributed by atoms with van der Waals surface area (Å²) >= 11 is 0.